The van der Waals surface area contributed by atoms with Gasteiger partial charge in [0.1, 0.15) is 0 Å². The van der Waals surface area contributed by atoms with Crippen LogP contribution >= 0.6 is 0 Å². The Kier molecular flexibility index (Phi) is 3.25. The summed E-state index contributed by atoms with van der Waals surface area (Å²) in [6, 6.07) is 0. The zero-order chi connectivity index (χ0) is 8.97. The number of rotatable bonds is 4. The molecular weight excluding hydrogens is 152 g/mol. The Bertz CT molecular complexity index is 229. The van der Waals surface area contributed by atoms with Crippen LogP contribution < -0.4 is 5.73 Å². The Morgan fingerprint density at radius 2 is 2.33 bits per heavy atom. The van der Waals surface area contributed by atoms with Crippen molar-refractivity contribution >= 4 is 0 Å². The Morgan fingerprint density at radius 3 is 2.83 bits per heavy atom. The molecule has 1 aromatic rings. The van der Waals surface area contributed by atoms with Gasteiger partial charge in [0.15, 0.2) is 0 Å². The fraction of sp³-hybridized carbons (Fsp3) is 0.625. The van der Waals surface area contributed by atoms with Crippen LogP contribution in [0.25, 0.3) is 0 Å². The van der Waals surface area contributed by atoms with Gasteiger partial charge < -0.3 is 10.6 Å². The predicted octanol–water partition coefficient (Wildman–Crippen LogP) is -0.0966. The molecule has 0 aromatic carbocycles. The molecule has 0 bridgehead atoms. The zero-order valence-electron chi connectivity index (χ0n) is 7.70. The summed E-state index contributed by atoms with van der Waals surface area (Å²) < 4.78 is 1.92. The first-order chi connectivity index (χ1) is 5.72. The summed E-state index contributed by atoms with van der Waals surface area (Å²) in [6.07, 6.45) is 3.80. The number of nitrogens with zero attached hydrogens (tertiary/aromatic N) is 3. The van der Waals surface area contributed by atoms with Crippen molar-refractivity contribution in [2.24, 2.45) is 5.73 Å². The number of aromatic nitrogens is 2. The Hall–Kier alpha value is -0.870. The summed E-state index contributed by atoms with van der Waals surface area (Å²) in [5, 5.41) is 4.17. The molecule has 0 aliphatic carbocycles. The third-order valence-electron chi connectivity index (χ3n) is 1.70. The molecule has 1 heterocycles. The maximum absolute atomic E-state index is 5.46. The van der Waals surface area contributed by atoms with Crippen molar-refractivity contribution in [2.75, 3.05) is 20.6 Å². The van der Waals surface area contributed by atoms with Crippen molar-refractivity contribution in [3.8, 4) is 0 Å². The van der Waals surface area contributed by atoms with Gasteiger partial charge in [-0.05, 0) is 14.1 Å². The number of likely N-dealkylation sites (N-methyl/N-ethyl adjacent to an activating group) is 1. The summed E-state index contributed by atoms with van der Waals surface area (Å²) >= 11 is 0. The van der Waals surface area contributed by atoms with E-state index < -0.39 is 0 Å². The Morgan fingerprint density at radius 1 is 1.58 bits per heavy atom. The van der Waals surface area contributed by atoms with E-state index in [4.69, 9.17) is 5.73 Å². The van der Waals surface area contributed by atoms with Gasteiger partial charge in [-0.1, -0.05) is 0 Å². The van der Waals surface area contributed by atoms with Crippen LogP contribution in [0.4, 0.5) is 0 Å². The molecule has 4 heteroatoms. The van der Waals surface area contributed by atoms with Gasteiger partial charge in [0.05, 0.1) is 12.7 Å². The van der Waals surface area contributed by atoms with Crippen molar-refractivity contribution in [2.45, 2.75) is 13.1 Å². The molecule has 1 rings (SSSR count). The molecule has 0 atom stereocenters. The van der Waals surface area contributed by atoms with E-state index in [1.165, 1.54) is 0 Å². The maximum atomic E-state index is 5.46. The monoisotopic (exact) mass is 168 g/mol. The van der Waals surface area contributed by atoms with Gasteiger partial charge in [-0.2, -0.15) is 5.10 Å². The molecule has 2 N–H and O–H groups in total. The highest BCUT2D eigenvalue weighted by molar-refractivity contribution is 5.02. The van der Waals surface area contributed by atoms with Gasteiger partial charge in [0.2, 0.25) is 0 Å². The molecule has 0 fully saturated rings. The molecule has 4 nitrogen and oxygen atoms in total. The summed E-state index contributed by atoms with van der Waals surface area (Å²) in [5.74, 6) is 0. The van der Waals surface area contributed by atoms with Crippen LogP contribution in [0, 0.1) is 0 Å². The lowest BCUT2D eigenvalue weighted by atomic mass is 10.4. The molecule has 12 heavy (non-hydrogen) atoms. The van der Waals surface area contributed by atoms with Crippen LogP contribution in [0.2, 0.25) is 0 Å². The van der Waals surface area contributed by atoms with E-state index in [1.807, 2.05) is 31.2 Å². The zero-order valence-corrected chi connectivity index (χ0v) is 7.70. The van der Waals surface area contributed by atoms with Crippen molar-refractivity contribution in [3.05, 3.63) is 18.0 Å². The van der Waals surface area contributed by atoms with E-state index >= 15 is 0 Å². The van der Waals surface area contributed by atoms with Crippen LogP contribution in [0.15, 0.2) is 12.4 Å². The minimum absolute atomic E-state index is 0.571. The van der Waals surface area contributed by atoms with Crippen molar-refractivity contribution in [1.82, 2.24) is 14.7 Å². The average Bonchev–Trinajstić information content (AvgIpc) is 2.48. The molecule has 0 aliphatic rings. The largest absolute Gasteiger partial charge is 0.326 e. The smallest absolute Gasteiger partial charge is 0.0536 e. The molecule has 68 valence electrons. The summed E-state index contributed by atoms with van der Waals surface area (Å²) in [5.41, 5.74) is 6.55. The van der Waals surface area contributed by atoms with E-state index in [-0.39, 0.29) is 0 Å². The minimum Gasteiger partial charge on any atom is -0.326 e. The molecular formula is C8H16N4. The van der Waals surface area contributed by atoms with Gasteiger partial charge in [-0.15, -0.1) is 0 Å². The van der Waals surface area contributed by atoms with Crippen LogP contribution in [0.5, 0.6) is 0 Å². The van der Waals surface area contributed by atoms with Gasteiger partial charge >= 0.3 is 0 Å². The van der Waals surface area contributed by atoms with E-state index in [2.05, 4.69) is 10.00 Å². The first-order valence-electron chi connectivity index (χ1n) is 4.08. The summed E-state index contributed by atoms with van der Waals surface area (Å²) in [4.78, 5) is 2.13. The number of hydrogen-bond acceptors (Lipinski definition) is 3. The van der Waals surface area contributed by atoms with E-state index in [9.17, 15) is 0 Å². The third kappa shape index (κ3) is 2.64. The standard InChI is InChI=1S/C8H16N4/c1-11(2)3-4-12-7-8(5-9)6-10-12/h6-7H,3-5,9H2,1-2H3. The fourth-order valence-electron chi connectivity index (χ4n) is 0.937. The summed E-state index contributed by atoms with van der Waals surface area (Å²) in [6.45, 7) is 2.50. The molecule has 0 saturated heterocycles. The minimum atomic E-state index is 0.571. The third-order valence-corrected chi connectivity index (χ3v) is 1.70. The fourth-order valence-corrected chi connectivity index (χ4v) is 0.937. The lowest BCUT2D eigenvalue weighted by molar-refractivity contribution is 0.373. The lowest BCUT2D eigenvalue weighted by Crippen LogP contribution is -2.18. The average molecular weight is 168 g/mol. The number of nitrogens with two attached hydrogens (primary N) is 1. The first kappa shape index (κ1) is 9.22. The normalized spacial score (nSPS) is 11.0. The highest BCUT2D eigenvalue weighted by atomic mass is 15.3. The second kappa shape index (κ2) is 4.23. The molecule has 0 spiro atoms. The Labute approximate surface area is 73.0 Å². The van der Waals surface area contributed by atoms with Gasteiger partial charge in [0.25, 0.3) is 0 Å². The number of hydrogen-bond donors (Lipinski definition) is 1. The van der Waals surface area contributed by atoms with Crippen molar-refractivity contribution in [3.63, 3.8) is 0 Å². The molecule has 0 aliphatic heterocycles. The molecule has 0 radical (unpaired) electrons. The van der Waals surface area contributed by atoms with Gasteiger partial charge in [0, 0.05) is 24.8 Å². The first-order valence-corrected chi connectivity index (χ1v) is 4.08. The molecule has 0 unspecified atom stereocenters. The van der Waals surface area contributed by atoms with E-state index in [1.54, 1.807) is 0 Å². The molecule has 0 amide bonds. The predicted molar refractivity (Wildman–Crippen MR) is 48.7 cm³/mol. The summed E-state index contributed by atoms with van der Waals surface area (Å²) in [7, 11) is 4.10. The SMILES string of the molecule is CN(C)CCn1cc(CN)cn1. The molecule has 1 aromatic heterocycles. The quantitative estimate of drug-likeness (QED) is 0.683. The van der Waals surface area contributed by atoms with Crippen molar-refractivity contribution < 1.29 is 0 Å². The van der Waals surface area contributed by atoms with Crippen LogP contribution in [0.1, 0.15) is 5.56 Å². The van der Waals surface area contributed by atoms with Crippen LogP contribution in [0.3, 0.4) is 0 Å². The van der Waals surface area contributed by atoms with Crippen LogP contribution in [-0.4, -0.2) is 35.3 Å². The topological polar surface area (TPSA) is 47.1 Å². The van der Waals surface area contributed by atoms with Crippen molar-refractivity contribution in [1.29, 1.82) is 0 Å². The second-order valence-electron chi connectivity index (χ2n) is 3.12. The van der Waals surface area contributed by atoms with Gasteiger partial charge in [-0.3, -0.25) is 4.68 Å². The highest BCUT2D eigenvalue weighted by Gasteiger charge is 1.96. The molecule has 0 saturated carbocycles. The second-order valence-corrected chi connectivity index (χ2v) is 3.12. The lowest BCUT2D eigenvalue weighted by Gasteiger charge is -2.08. The van der Waals surface area contributed by atoms with Crippen LogP contribution in [-0.2, 0) is 13.1 Å². The van der Waals surface area contributed by atoms with E-state index in [0.29, 0.717) is 6.54 Å². The highest BCUT2D eigenvalue weighted by Crippen LogP contribution is 1.95. The van der Waals surface area contributed by atoms with E-state index in [0.717, 1.165) is 18.7 Å². The Balaban J connectivity index is 2.41. The van der Waals surface area contributed by atoms with Gasteiger partial charge in [-0.25, -0.2) is 0 Å². The maximum Gasteiger partial charge on any atom is 0.0536 e.